The standard InChI is InChI=1S/C11H15IO/c12-9-5-4-8-11(13)10-6-2-1-3-7-10/h1-3,6-7,11,13H,4-5,8-9H2. The van der Waals surface area contributed by atoms with Crippen LogP contribution in [0, 0.1) is 0 Å². The highest BCUT2D eigenvalue weighted by atomic mass is 127. The lowest BCUT2D eigenvalue weighted by Gasteiger charge is -2.09. The molecule has 1 N–H and O–H groups in total. The Kier molecular flexibility index (Phi) is 5.39. The van der Waals surface area contributed by atoms with E-state index in [0.717, 1.165) is 18.4 Å². The second kappa shape index (κ2) is 6.38. The van der Waals surface area contributed by atoms with Crippen molar-refractivity contribution in [2.24, 2.45) is 0 Å². The Morgan fingerprint density at radius 2 is 1.85 bits per heavy atom. The summed E-state index contributed by atoms with van der Waals surface area (Å²) in [5, 5.41) is 9.74. The molecule has 1 atom stereocenters. The molecule has 2 heteroatoms. The van der Waals surface area contributed by atoms with Crippen LogP contribution in [0.5, 0.6) is 0 Å². The van der Waals surface area contributed by atoms with Crippen LogP contribution in [-0.4, -0.2) is 9.53 Å². The second-order valence-electron chi connectivity index (χ2n) is 3.11. The van der Waals surface area contributed by atoms with Crippen LogP contribution >= 0.6 is 22.6 Å². The lowest BCUT2D eigenvalue weighted by molar-refractivity contribution is 0.164. The van der Waals surface area contributed by atoms with Gasteiger partial charge >= 0.3 is 0 Å². The zero-order valence-electron chi connectivity index (χ0n) is 7.62. The fourth-order valence-corrected chi connectivity index (χ4v) is 1.81. The summed E-state index contributed by atoms with van der Waals surface area (Å²) < 4.78 is 1.18. The molecule has 0 radical (unpaired) electrons. The highest BCUT2D eigenvalue weighted by Gasteiger charge is 2.04. The van der Waals surface area contributed by atoms with E-state index in [0.29, 0.717) is 0 Å². The monoisotopic (exact) mass is 290 g/mol. The highest BCUT2D eigenvalue weighted by Crippen LogP contribution is 2.18. The number of alkyl halides is 1. The Morgan fingerprint density at radius 1 is 1.15 bits per heavy atom. The summed E-state index contributed by atoms with van der Waals surface area (Å²) in [7, 11) is 0. The van der Waals surface area contributed by atoms with Crippen molar-refractivity contribution in [2.45, 2.75) is 25.4 Å². The fraction of sp³-hybridized carbons (Fsp3) is 0.455. The van der Waals surface area contributed by atoms with Crippen LogP contribution in [0.2, 0.25) is 0 Å². The number of aliphatic hydroxyl groups is 1. The van der Waals surface area contributed by atoms with Crippen molar-refractivity contribution in [3.63, 3.8) is 0 Å². The second-order valence-corrected chi connectivity index (χ2v) is 4.19. The number of halogens is 1. The minimum Gasteiger partial charge on any atom is -0.388 e. The summed E-state index contributed by atoms with van der Waals surface area (Å²) in [6, 6.07) is 9.87. The topological polar surface area (TPSA) is 20.2 Å². The van der Waals surface area contributed by atoms with Gasteiger partial charge in [-0.25, -0.2) is 0 Å². The van der Waals surface area contributed by atoms with Crippen LogP contribution < -0.4 is 0 Å². The largest absolute Gasteiger partial charge is 0.388 e. The fourth-order valence-electron chi connectivity index (χ4n) is 1.27. The molecular formula is C11H15IO. The quantitative estimate of drug-likeness (QED) is 0.501. The molecule has 0 aliphatic heterocycles. The molecule has 0 aliphatic rings. The SMILES string of the molecule is OC(CCCCI)c1ccccc1. The summed E-state index contributed by atoms with van der Waals surface area (Å²) in [4.78, 5) is 0. The summed E-state index contributed by atoms with van der Waals surface area (Å²) in [6.07, 6.45) is 2.92. The Labute approximate surface area is 93.3 Å². The first-order valence-electron chi connectivity index (χ1n) is 4.63. The first-order valence-corrected chi connectivity index (χ1v) is 6.16. The lowest BCUT2D eigenvalue weighted by atomic mass is 10.0. The van der Waals surface area contributed by atoms with Gasteiger partial charge in [0.05, 0.1) is 6.10 Å². The summed E-state index contributed by atoms with van der Waals surface area (Å²) in [5.41, 5.74) is 1.04. The summed E-state index contributed by atoms with van der Waals surface area (Å²) >= 11 is 2.37. The molecule has 0 saturated heterocycles. The van der Waals surface area contributed by atoms with E-state index >= 15 is 0 Å². The molecule has 0 aromatic heterocycles. The van der Waals surface area contributed by atoms with Crippen LogP contribution in [0.1, 0.15) is 30.9 Å². The number of hydrogen-bond acceptors (Lipinski definition) is 1. The molecule has 1 aromatic rings. The van der Waals surface area contributed by atoms with Crippen LogP contribution in [0.15, 0.2) is 30.3 Å². The van der Waals surface area contributed by atoms with Crippen LogP contribution in [0.4, 0.5) is 0 Å². The number of unbranched alkanes of at least 4 members (excludes halogenated alkanes) is 1. The average molecular weight is 290 g/mol. The van der Waals surface area contributed by atoms with Crippen molar-refractivity contribution in [3.05, 3.63) is 35.9 Å². The number of aliphatic hydroxyl groups excluding tert-OH is 1. The van der Waals surface area contributed by atoms with Gasteiger partial charge in [-0.2, -0.15) is 0 Å². The molecular weight excluding hydrogens is 275 g/mol. The van der Waals surface area contributed by atoms with Crippen LogP contribution in [0.25, 0.3) is 0 Å². The molecule has 1 aromatic carbocycles. The first kappa shape index (κ1) is 11.0. The van der Waals surface area contributed by atoms with E-state index in [4.69, 9.17) is 0 Å². The Bertz CT molecular complexity index is 223. The van der Waals surface area contributed by atoms with Gasteiger partial charge in [0.25, 0.3) is 0 Å². The predicted molar refractivity (Wildman–Crippen MR) is 64.1 cm³/mol. The van der Waals surface area contributed by atoms with Crippen LogP contribution in [-0.2, 0) is 0 Å². The van der Waals surface area contributed by atoms with Crippen molar-refractivity contribution in [1.82, 2.24) is 0 Å². The predicted octanol–water partition coefficient (Wildman–Crippen LogP) is 3.33. The van der Waals surface area contributed by atoms with E-state index in [9.17, 15) is 5.11 Å². The maximum absolute atomic E-state index is 9.74. The van der Waals surface area contributed by atoms with E-state index in [-0.39, 0.29) is 6.10 Å². The zero-order valence-corrected chi connectivity index (χ0v) is 9.78. The van der Waals surface area contributed by atoms with Gasteiger partial charge in [-0.05, 0) is 29.3 Å². The molecule has 0 amide bonds. The normalized spacial score (nSPS) is 12.8. The Balaban J connectivity index is 2.35. The summed E-state index contributed by atoms with van der Waals surface area (Å²) in [5.74, 6) is 0. The maximum Gasteiger partial charge on any atom is 0.0790 e. The average Bonchev–Trinajstić information content (AvgIpc) is 2.19. The Morgan fingerprint density at radius 3 is 2.46 bits per heavy atom. The highest BCUT2D eigenvalue weighted by molar-refractivity contribution is 14.1. The minimum absolute atomic E-state index is 0.274. The van der Waals surface area contributed by atoms with E-state index in [1.807, 2.05) is 30.3 Å². The third-order valence-electron chi connectivity index (χ3n) is 2.05. The van der Waals surface area contributed by atoms with Gasteiger partial charge in [-0.3, -0.25) is 0 Å². The van der Waals surface area contributed by atoms with Gasteiger partial charge < -0.3 is 5.11 Å². The molecule has 0 saturated carbocycles. The molecule has 0 heterocycles. The molecule has 0 fully saturated rings. The van der Waals surface area contributed by atoms with E-state index in [1.54, 1.807) is 0 Å². The molecule has 0 aliphatic carbocycles. The van der Waals surface area contributed by atoms with Crippen LogP contribution in [0.3, 0.4) is 0 Å². The van der Waals surface area contributed by atoms with E-state index in [1.165, 1.54) is 10.8 Å². The molecule has 1 unspecified atom stereocenters. The van der Waals surface area contributed by atoms with Gasteiger partial charge in [0.15, 0.2) is 0 Å². The molecule has 13 heavy (non-hydrogen) atoms. The van der Waals surface area contributed by atoms with Gasteiger partial charge in [0, 0.05) is 0 Å². The van der Waals surface area contributed by atoms with Crippen molar-refractivity contribution in [3.8, 4) is 0 Å². The third-order valence-corrected chi connectivity index (χ3v) is 2.81. The Hall–Kier alpha value is -0.0900. The summed E-state index contributed by atoms with van der Waals surface area (Å²) in [6.45, 7) is 0. The zero-order chi connectivity index (χ0) is 9.52. The smallest absolute Gasteiger partial charge is 0.0790 e. The number of rotatable bonds is 5. The van der Waals surface area contributed by atoms with Gasteiger partial charge in [-0.15, -0.1) is 0 Å². The molecule has 72 valence electrons. The lowest BCUT2D eigenvalue weighted by Crippen LogP contribution is -1.96. The van der Waals surface area contributed by atoms with Gasteiger partial charge in [-0.1, -0.05) is 52.9 Å². The maximum atomic E-state index is 9.74. The van der Waals surface area contributed by atoms with Crippen molar-refractivity contribution >= 4 is 22.6 Å². The van der Waals surface area contributed by atoms with Crippen molar-refractivity contribution in [2.75, 3.05) is 4.43 Å². The van der Waals surface area contributed by atoms with E-state index in [2.05, 4.69) is 22.6 Å². The first-order chi connectivity index (χ1) is 6.34. The minimum atomic E-state index is -0.274. The van der Waals surface area contributed by atoms with Crippen molar-refractivity contribution in [1.29, 1.82) is 0 Å². The third kappa shape index (κ3) is 4.09. The molecule has 1 nitrogen and oxygen atoms in total. The molecule has 0 spiro atoms. The number of benzene rings is 1. The van der Waals surface area contributed by atoms with Crippen molar-refractivity contribution < 1.29 is 5.11 Å². The van der Waals surface area contributed by atoms with Gasteiger partial charge in [0.1, 0.15) is 0 Å². The van der Waals surface area contributed by atoms with E-state index < -0.39 is 0 Å². The molecule has 1 rings (SSSR count). The van der Waals surface area contributed by atoms with Gasteiger partial charge in [0.2, 0.25) is 0 Å². The molecule has 0 bridgehead atoms. The number of hydrogen-bond donors (Lipinski definition) is 1.